The zero-order valence-corrected chi connectivity index (χ0v) is 10.4. The Morgan fingerprint density at radius 1 is 1.44 bits per heavy atom. The van der Waals surface area contributed by atoms with Gasteiger partial charge in [0.15, 0.2) is 0 Å². The first-order chi connectivity index (χ1) is 7.72. The summed E-state index contributed by atoms with van der Waals surface area (Å²) in [5, 5.41) is 0. The smallest absolute Gasteiger partial charge is 0.0350 e. The largest absolute Gasteiger partial charge is 0.398 e. The van der Waals surface area contributed by atoms with Gasteiger partial charge in [-0.15, -0.1) is 0 Å². The van der Waals surface area contributed by atoms with Gasteiger partial charge in [0.25, 0.3) is 0 Å². The molecule has 2 heteroatoms. The molecule has 0 aromatic heterocycles. The summed E-state index contributed by atoms with van der Waals surface area (Å²) in [6.07, 6.45) is 3.66. The van der Waals surface area contributed by atoms with Crippen LogP contribution in [0.2, 0.25) is 0 Å². The second kappa shape index (κ2) is 4.88. The van der Waals surface area contributed by atoms with Crippen LogP contribution in [-0.4, -0.2) is 17.5 Å². The highest BCUT2D eigenvalue weighted by Gasteiger charge is 2.20. The minimum absolute atomic E-state index is 0.694. The van der Waals surface area contributed by atoms with E-state index in [2.05, 4.69) is 30.9 Å². The molecule has 0 spiro atoms. The number of benzene rings is 1. The number of hydrogen-bond acceptors (Lipinski definition) is 2. The summed E-state index contributed by atoms with van der Waals surface area (Å²) < 4.78 is 0. The van der Waals surface area contributed by atoms with Crippen molar-refractivity contribution in [2.45, 2.75) is 45.7 Å². The van der Waals surface area contributed by atoms with Gasteiger partial charge < -0.3 is 5.73 Å². The lowest BCUT2D eigenvalue weighted by Crippen LogP contribution is -2.37. The van der Waals surface area contributed by atoms with E-state index in [0.29, 0.717) is 6.04 Å². The molecule has 0 aliphatic carbocycles. The van der Waals surface area contributed by atoms with Crippen molar-refractivity contribution in [3.05, 3.63) is 29.3 Å². The van der Waals surface area contributed by atoms with E-state index in [9.17, 15) is 0 Å². The van der Waals surface area contributed by atoms with Crippen molar-refractivity contribution in [2.75, 3.05) is 12.3 Å². The Hall–Kier alpha value is -1.02. The van der Waals surface area contributed by atoms with E-state index in [1.807, 2.05) is 6.07 Å². The second-order valence-corrected chi connectivity index (χ2v) is 4.84. The Morgan fingerprint density at radius 2 is 2.25 bits per heavy atom. The van der Waals surface area contributed by atoms with Crippen molar-refractivity contribution >= 4 is 5.69 Å². The topological polar surface area (TPSA) is 29.3 Å². The predicted octanol–water partition coefficient (Wildman–Crippen LogP) is 2.82. The molecule has 2 N–H and O–H groups in total. The fourth-order valence-electron chi connectivity index (χ4n) is 2.64. The van der Waals surface area contributed by atoms with Crippen LogP contribution in [0.15, 0.2) is 18.2 Å². The van der Waals surface area contributed by atoms with Crippen LogP contribution in [0.4, 0.5) is 5.69 Å². The van der Waals surface area contributed by atoms with Gasteiger partial charge in [-0.05, 0) is 37.0 Å². The maximum absolute atomic E-state index is 6.00. The Labute approximate surface area is 98.4 Å². The summed E-state index contributed by atoms with van der Waals surface area (Å²) >= 11 is 0. The molecule has 2 nitrogen and oxygen atoms in total. The van der Waals surface area contributed by atoms with Gasteiger partial charge >= 0.3 is 0 Å². The summed E-state index contributed by atoms with van der Waals surface area (Å²) in [5.41, 5.74) is 9.78. The summed E-state index contributed by atoms with van der Waals surface area (Å²) in [6, 6.07) is 7.00. The number of rotatable bonds is 3. The standard InChI is InChI=1S/C14H22N2/c1-3-5-11(2)16-9-8-13-12(10-16)6-4-7-14(13)15/h4,6-7,11H,3,5,8-10,15H2,1-2H3. The second-order valence-electron chi connectivity index (χ2n) is 4.84. The van der Waals surface area contributed by atoms with Gasteiger partial charge in [-0.3, -0.25) is 4.90 Å². The van der Waals surface area contributed by atoms with Gasteiger partial charge in [0.2, 0.25) is 0 Å². The average molecular weight is 218 g/mol. The third-order valence-corrected chi connectivity index (χ3v) is 3.66. The summed E-state index contributed by atoms with van der Waals surface area (Å²) in [7, 11) is 0. The van der Waals surface area contributed by atoms with Crippen molar-refractivity contribution in [1.82, 2.24) is 4.90 Å². The van der Waals surface area contributed by atoms with Gasteiger partial charge in [-0.2, -0.15) is 0 Å². The van der Waals surface area contributed by atoms with E-state index in [1.54, 1.807) is 0 Å². The number of hydrogen-bond donors (Lipinski definition) is 1. The minimum atomic E-state index is 0.694. The molecule has 16 heavy (non-hydrogen) atoms. The summed E-state index contributed by atoms with van der Waals surface area (Å²) in [6.45, 7) is 6.82. The molecule has 0 saturated carbocycles. The maximum Gasteiger partial charge on any atom is 0.0350 e. The molecule has 0 bridgehead atoms. The number of fused-ring (bicyclic) bond motifs is 1. The van der Waals surface area contributed by atoms with Crippen LogP contribution in [-0.2, 0) is 13.0 Å². The molecule has 0 saturated heterocycles. The van der Waals surface area contributed by atoms with E-state index in [4.69, 9.17) is 5.73 Å². The SMILES string of the molecule is CCCC(C)N1CCc2c(N)cccc2C1. The number of anilines is 1. The summed E-state index contributed by atoms with van der Waals surface area (Å²) in [5.74, 6) is 0. The highest BCUT2D eigenvalue weighted by atomic mass is 15.2. The van der Waals surface area contributed by atoms with E-state index in [-0.39, 0.29) is 0 Å². The van der Waals surface area contributed by atoms with Crippen LogP contribution in [0.1, 0.15) is 37.8 Å². The van der Waals surface area contributed by atoms with Crippen LogP contribution in [0.3, 0.4) is 0 Å². The molecular weight excluding hydrogens is 196 g/mol. The van der Waals surface area contributed by atoms with Gasteiger partial charge in [-0.1, -0.05) is 25.5 Å². The Bertz CT molecular complexity index is 360. The average Bonchev–Trinajstić information content (AvgIpc) is 2.29. The van der Waals surface area contributed by atoms with Gasteiger partial charge in [0, 0.05) is 24.8 Å². The van der Waals surface area contributed by atoms with Crippen LogP contribution in [0, 0.1) is 0 Å². The molecule has 1 aliphatic heterocycles. The van der Waals surface area contributed by atoms with Crippen LogP contribution in [0.5, 0.6) is 0 Å². The van der Waals surface area contributed by atoms with E-state index in [1.165, 1.54) is 24.0 Å². The van der Waals surface area contributed by atoms with E-state index in [0.717, 1.165) is 25.2 Å². The number of nitrogens with two attached hydrogens (primary N) is 1. The Balaban J connectivity index is 2.12. The van der Waals surface area contributed by atoms with Crippen molar-refractivity contribution < 1.29 is 0 Å². The van der Waals surface area contributed by atoms with Gasteiger partial charge in [0.1, 0.15) is 0 Å². The quantitative estimate of drug-likeness (QED) is 0.790. The Morgan fingerprint density at radius 3 is 3.00 bits per heavy atom. The number of nitrogens with zero attached hydrogens (tertiary/aromatic N) is 1. The van der Waals surface area contributed by atoms with Crippen molar-refractivity contribution in [1.29, 1.82) is 0 Å². The normalized spacial score (nSPS) is 18.1. The van der Waals surface area contributed by atoms with Crippen molar-refractivity contribution in [3.8, 4) is 0 Å². The minimum Gasteiger partial charge on any atom is -0.398 e. The molecule has 1 aliphatic rings. The lowest BCUT2D eigenvalue weighted by molar-refractivity contribution is 0.181. The highest BCUT2D eigenvalue weighted by Crippen LogP contribution is 2.25. The molecule has 0 fully saturated rings. The van der Waals surface area contributed by atoms with E-state index >= 15 is 0 Å². The van der Waals surface area contributed by atoms with Gasteiger partial charge in [-0.25, -0.2) is 0 Å². The molecule has 0 amide bonds. The van der Waals surface area contributed by atoms with Crippen LogP contribution in [0.25, 0.3) is 0 Å². The zero-order chi connectivity index (χ0) is 11.5. The molecule has 1 atom stereocenters. The number of nitrogen functional groups attached to an aromatic ring is 1. The Kier molecular flexibility index (Phi) is 3.49. The monoisotopic (exact) mass is 218 g/mol. The van der Waals surface area contributed by atoms with Gasteiger partial charge in [0.05, 0.1) is 0 Å². The van der Waals surface area contributed by atoms with Crippen LogP contribution < -0.4 is 5.73 Å². The lowest BCUT2D eigenvalue weighted by atomic mass is 9.96. The van der Waals surface area contributed by atoms with E-state index < -0.39 is 0 Å². The van der Waals surface area contributed by atoms with Crippen molar-refractivity contribution in [3.63, 3.8) is 0 Å². The van der Waals surface area contributed by atoms with Crippen LogP contribution >= 0.6 is 0 Å². The molecule has 1 heterocycles. The maximum atomic E-state index is 6.00. The molecule has 1 unspecified atom stereocenters. The molecular formula is C14H22N2. The molecule has 1 aromatic rings. The zero-order valence-electron chi connectivity index (χ0n) is 10.4. The first-order valence-corrected chi connectivity index (χ1v) is 6.32. The molecule has 2 rings (SSSR count). The third kappa shape index (κ3) is 2.22. The summed E-state index contributed by atoms with van der Waals surface area (Å²) in [4.78, 5) is 2.57. The fourth-order valence-corrected chi connectivity index (χ4v) is 2.64. The van der Waals surface area contributed by atoms with Crippen molar-refractivity contribution in [2.24, 2.45) is 0 Å². The first kappa shape index (κ1) is 11.5. The lowest BCUT2D eigenvalue weighted by Gasteiger charge is -2.34. The molecule has 0 radical (unpaired) electrons. The first-order valence-electron chi connectivity index (χ1n) is 6.32. The third-order valence-electron chi connectivity index (χ3n) is 3.66. The molecule has 88 valence electrons. The highest BCUT2D eigenvalue weighted by molar-refractivity contribution is 5.51. The fraction of sp³-hybridized carbons (Fsp3) is 0.571. The predicted molar refractivity (Wildman–Crippen MR) is 69.3 cm³/mol. The molecule has 1 aromatic carbocycles.